The molecule has 0 spiro atoms. The van der Waals surface area contributed by atoms with Gasteiger partial charge in [-0.15, -0.1) is 0 Å². The number of amides is 1. The third-order valence-electron chi connectivity index (χ3n) is 3.71. The minimum Gasteiger partial charge on any atom is -0.377 e. The van der Waals surface area contributed by atoms with Gasteiger partial charge in [-0.25, -0.2) is 0 Å². The first-order valence-corrected chi connectivity index (χ1v) is 9.49. The molecule has 26 heavy (non-hydrogen) atoms. The SMILES string of the molecule is O=C(CCc1nc(-c2ccsc2)no1)NCCCOCc1ccccc1. The molecule has 7 heteroatoms. The maximum Gasteiger partial charge on any atom is 0.227 e. The molecule has 1 amide bonds. The van der Waals surface area contributed by atoms with Crippen molar-refractivity contribution in [3.05, 3.63) is 58.6 Å². The second kappa shape index (κ2) is 9.84. The highest BCUT2D eigenvalue weighted by atomic mass is 32.1. The van der Waals surface area contributed by atoms with Crippen molar-refractivity contribution in [2.45, 2.75) is 25.9 Å². The lowest BCUT2D eigenvalue weighted by Gasteiger charge is -2.06. The van der Waals surface area contributed by atoms with E-state index in [4.69, 9.17) is 9.26 Å². The van der Waals surface area contributed by atoms with Crippen LogP contribution in [0.5, 0.6) is 0 Å². The Kier molecular flexibility index (Phi) is 6.92. The number of carbonyl (C=O) groups is 1. The zero-order valence-electron chi connectivity index (χ0n) is 14.4. The van der Waals surface area contributed by atoms with E-state index >= 15 is 0 Å². The van der Waals surface area contributed by atoms with E-state index in [9.17, 15) is 4.79 Å². The summed E-state index contributed by atoms with van der Waals surface area (Å²) in [6.45, 7) is 1.80. The molecule has 0 fully saturated rings. The molecule has 2 aromatic heterocycles. The number of thiophene rings is 1. The van der Waals surface area contributed by atoms with E-state index in [1.165, 1.54) is 0 Å². The molecule has 0 atom stereocenters. The summed E-state index contributed by atoms with van der Waals surface area (Å²) in [4.78, 5) is 16.2. The van der Waals surface area contributed by atoms with Crippen LogP contribution in [0.3, 0.4) is 0 Å². The molecule has 0 aliphatic rings. The zero-order chi connectivity index (χ0) is 18.0. The average molecular weight is 371 g/mol. The van der Waals surface area contributed by atoms with E-state index < -0.39 is 0 Å². The highest BCUT2D eigenvalue weighted by Crippen LogP contribution is 2.18. The first-order valence-electron chi connectivity index (χ1n) is 8.55. The minimum atomic E-state index is -0.0247. The summed E-state index contributed by atoms with van der Waals surface area (Å²) >= 11 is 1.58. The lowest BCUT2D eigenvalue weighted by molar-refractivity contribution is -0.121. The molecule has 1 N–H and O–H groups in total. The van der Waals surface area contributed by atoms with Crippen LogP contribution in [0.25, 0.3) is 11.4 Å². The summed E-state index contributed by atoms with van der Waals surface area (Å²) in [7, 11) is 0. The standard InChI is InChI=1S/C19H21N3O3S/c23-17(20-10-4-11-24-13-15-5-2-1-3-6-15)7-8-18-21-19(22-25-18)16-9-12-26-14-16/h1-3,5-6,9,12,14H,4,7-8,10-11,13H2,(H,20,23). The number of hydrogen-bond acceptors (Lipinski definition) is 6. The van der Waals surface area contributed by atoms with Gasteiger partial charge >= 0.3 is 0 Å². The molecule has 3 rings (SSSR count). The highest BCUT2D eigenvalue weighted by molar-refractivity contribution is 7.08. The Hall–Kier alpha value is -2.51. The van der Waals surface area contributed by atoms with Gasteiger partial charge in [-0.3, -0.25) is 4.79 Å². The fourth-order valence-electron chi connectivity index (χ4n) is 2.34. The van der Waals surface area contributed by atoms with Crippen molar-refractivity contribution in [2.24, 2.45) is 0 Å². The molecule has 136 valence electrons. The van der Waals surface area contributed by atoms with Crippen LogP contribution in [-0.4, -0.2) is 29.2 Å². The van der Waals surface area contributed by atoms with Crippen molar-refractivity contribution < 1.29 is 14.1 Å². The van der Waals surface area contributed by atoms with Crippen LogP contribution in [0.1, 0.15) is 24.3 Å². The quantitative estimate of drug-likeness (QED) is 0.552. The average Bonchev–Trinajstić information content (AvgIpc) is 3.35. The molecule has 0 unspecified atom stereocenters. The Morgan fingerprint density at radius 3 is 2.92 bits per heavy atom. The number of carbonyl (C=O) groups excluding carboxylic acids is 1. The van der Waals surface area contributed by atoms with Crippen molar-refractivity contribution in [1.82, 2.24) is 15.5 Å². The molecule has 0 radical (unpaired) electrons. The van der Waals surface area contributed by atoms with Crippen molar-refractivity contribution in [3.8, 4) is 11.4 Å². The largest absolute Gasteiger partial charge is 0.377 e. The van der Waals surface area contributed by atoms with Gasteiger partial charge in [-0.1, -0.05) is 35.5 Å². The molecule has 0 aliphatic heterocycles. The topological polar surface area (TPSA) is 77.2 Å². The summed E-state index contributed by atoms with van der Waals surface area (Å²) in [6, 6.07) is 12.0. The van der Waals surface area contributed by atoms with Crippen molar-refractivity contribution in [3.63, 3.8) is 0 Å². The molecule has 3 aromatic rings. The Morgan fingerprint density at radius 2 is 2.12 bits per heavy atom. The van der Waals surface area contributed by atoms with Gasteiger partial charge in [0, 0.05) is 36.9 Å². The smallest absolute Gasteiger partial charge is 0.227 e. The molecule has 6 nitrogen and oxygen atoms in total. The molecular weight excluding hydrogens is 350 g/mol. The molecule has 2 heterocycles. The van der Waals surface area contributed by atoms with Gasteiger partial charge in [0.1, 0.15) is 0 Å². The molecule has 0 aliphatic carbocycles. The summed E-state index contributed by atoms with van der Waals surface area (Å²) in [5.41, 5.74) is 2.09. The van der Waals surface area contributed by atoms with E-state index in [0.29, 0.717) is 44.3 Å². The summed E-state index contributed by atoms with van der Waals surface area (Å²) in [6.07, 6.45) is 1.55. The predicted molar refractivity (Wildman–Crippen MR) is 99.7 cm³/mol. The zero-order valence-corrected chi connectivity index (χ0v) is 15.2. The summed E-state index contributed by atoms with van der Waals surface area (Å²) in [5, 5.41) is 10.7. The summed E-state index contributed by atoms with van der Waals surface area (Å²) in [5.74, 6) is 1.02. The van der Waals surface area contributed by atoms with Gasteiger partial charge in [0.2, 0.25) is 17.6 Å². The molecule has 0 saturated carbocycles. The first-order chi connectivity index (χ1) is 12.8. The summed E-state index contributed by atoms with van der Waals surface area (Å²) < 4.78 is 10.8. The first kappa shape index (κ1) is 18.3. The second-order valence-electron chi connectivity index (χ2n) is 5.77. The van der Waals surface area contributed by atoms with Gasteiger partial charge in [-0.2, -0.15) is 16.3 Å². The minimum absolute atomic E-state index is 0.0247. The number of ether oxygens (including phenoxy) is 1. The number of benzene rings is 1. The van der Waals surface area contributed by atoms with Gasteiger partial charge in [-0.05, 0) is 23.4 Å². The highest BCUT2D eigenvalue weighted by Gasteiger charge is 2.10. The van der Waals surface area contributed by atoms with Crippen LogP contribution in [-0.2, 0) is 22.6 Å². The van der Waals surface area contributed by atoms with E-state index in [0.717, 1.165) is 17.5 Å². The van der Waals surface area contributed by atoms with Crippen molar-refractivity contribution in [2.75, 3.05) is 13.2 Å². The van der Waals surface area contributed by atoms with Gasteiger partial charge < -0.3 is 14.6 Å². The van der Waals surface area contributed by atoms with Gasteiger partial charge in [0.05, 0.1) is 6.61 Å². The van der Waals surface area contributed by atoms with E-state index in [-0.39, 0.29) is 5.91 Å². The number of rotatable bonds is 10. The van der Waals surface area contributed by atoms with E-state index in [2.05, 4.69) is 15.5 Å². The maximum absolute atomic E-state index is 11.9. The van der Waals surface area contributed by atoms with Crippen molar-refractivity contribution in [1.29, 1.82) is 0 Å². The van der Waals surface area contributed by atoms with Crippen LogP contribution in [0.15, 0.2) is 51.7 Å². The van der Waals surface area contributed by atoms with Crippen LogP contribution in [0.2, 0.25) is 0 Å². The van der Waals surface area contributed by atoms with Gasteiger partial charge in [0.25, 0.3) is 0 Å². The van der Waals surface area contributed by atoms with Gasteiger partial charge in [0.15, 0.2) is 0 Å². The lowest BCUT2D eigenvalue weighted by atomic mass is 10.2. The third kappa shape index (κ3) is 5.79. The molecule has 1 aromatic carbocycles. The maximum atomic E-state index is 11.9. The number of nitrogens with zero attached hydrogens (tertiary/aromatic N) is 2. The fraction of sp³-hybridized carbons (Fsp3) is 0.316. The number of aryl methyl sites for hydroxylation is 1. The van der Waals surface area contributed by atoms with E-state index in [1.807, 2.05) is 47.2 Å². The molecular formula is C19H21N3O3S. The normalized spacial score (nSPS) is 10.8. The fourth-order valence-corrected chi connectivity index (χ4v) is 2.97. The van der Waals surface area contributed by atoms with Crippen LogP contribution < -0.4 is 5.32 Å². The lowest BCUT2D eigenvalue weighted by Crippen LogP contribution is -2.25. The second-order valence-corrected chi connectivity index (χ2v) is 6.55. The Balaban J connectivity index is 1.26. The monoisotopic (exact) mass is 371 g/mol. The number of aromatic nitrogens is 2. The van der Waals surface area contributed by atoms with Crippen LogP contribution >= 0.6 is 11.3 Å². The number of nitrogens with one attached hydrogen (secondary N) is 1. The van der Waals surface area contributed by atoms with E-state index in [1.54, 1.807) is 11.3 Å². The molecule has 0 saturated heterocycles. The third-order valence-corrected chi connectivity index (χ3v) is 4.40. The van der Waals surface area contributed by atoms with Crippen LogP contribution in [0.4, 0.5) is 0 Å². The Labute approximate surface area is 156 Å². The predicted octanol–water partition coefficient (Wildman–Crippen LogP) is 3.45. The van der Waals surface area contributed by atoms with Crippen LogP contribution in [0, 0.1) is 0 Å². The Bertz CT molecular complexity index is 787. The number of hydrogen-bond donors (Lipinski definition) is 1. The Morgan fingerprint density at radius 1 is 1.23 bits per heavy atom. The van der Waals surface area contributed by atoms with Crippen molar-refractivity contribution >= 4 is 17.2 Å². The molecule has 0 bridgehead atoms.